The highest BCUT2D eigenvalue weighted by atomic mass is 16.5. The highest BCUT2D eigenvalue weighted by Crippen LogP contribution is 2.46. The van der Waals surface area contributed by atoms with Crippen LogP contribution < -0.4 is 5.73 Å². The van der Waals surface area contributed by atoms with Gasteiger partial charge in [-0.1, -0.05) is 37.6 Å². The molecule has 0 saturated carbocycles. The van der Waals surface area contributed by atoms with Crippen LogP contribution in [0, 0.1) is 18.3 Å². The van der Waals surface area contributed by atoms with Crippen molar-refractivity contribution in [2.45, 2.75) is 66.5 Å². The van der Waals surface area contributed by atoms with E-state index in [2.05, 4.69) is 43.8 Å². The molecule has 24 heavy (non-hydrogen) atoms. The van der Waals surface area contributed by atoms with Crippen molar-refractivity contribution in [2.75, 3.05) is 6.54 Å². The Kier molecular flexibility index (Phi) is 4.60. The summed E-state index contributed by atoms with van der Waals surface area (Å²) >= 11 is 0. The molecule has 1 aromatic rings. The van der Waals surface area contributed by atoms with Crippen LogP contribution in [0.5, 0.6) is 0 Å². The standard InChI is InChI=1S/C20H31N3O/c1-6-15-10-18-19(11-17(15)14(3)21)23(8-7-20(18,4)5)12-16-9-13(2)22-24-16/h9-10,14,17H,6-8,11-12,21H2,1-5H3. The van der Waals surface area contributed by atoms with Gasteiger partial charge in [0, 0.05) is 30.3 Å². The highest BCUT2D eigenvalue weighted by molar-refractivity contribution is 5.41. The van der Waals surface area contributed by atoms with Crippen LogP contribution in [-0.2, 0) is 6.54 Å². The van der Waals surface area contributed by atoms with Gasteiger partial charge in [0.25, 0.3) is 0 Å². The number of aromatic nitrogens is 1. The van der Waals surface area contributed by atoms with E-state index in [1.165, 1.54) is 16.8 Å². The number of rotatable bonds is 4. The van der Waals surface area contributed by atoms with Gasteiger partial charge in [0.15, 0.2) is 5.76 Å². The molecule has 2 heterocycles. The van der Waals surface area contributed by atoms with Gasteiger partial charge in [-0.25, -0.2) is 0 Å². The third-order valence-corrected chi connectivity index (χ3v) is 5.71. The van der Waals surface area contributed by atoms with E-state index >= 15 is 0 Å². The number of nitrogens with zero attached hydrogens (tertiary/aromatic N) is 2. The summed E-state index contributed by atoms with van der Waals surface area (Å²) in [6.07, 6.45) is 5.74. The molecule has 0 radical (unpaired) electrons. The topological polar surface area (TPSA) is 55.3 Å². The summed E-state index contributed by atoms with van der Waals surface area (Å²) < 4.78 is 5.46. The molecule has 2 aliphatic rings. The molecule has 0 aromatic carbocycles. The zero-order valence-corrected chi connectivity index (χ0v) is 15.7. The number of allylic oxidation sites excluding steroid dienone is 3. The molecule has 0 saturated heterocycles. The average Bonchev–Trinajstić information content (AvgIpc) is 2.94. The second-order valence-corrected chi connectivity index (χ2v) is 8.09. The minimum Gasteiger partial charge on any atom is -0.367 e. The van der Waals surface area contributed by atoms with Crippen LogP contribution >= 0.6 is 0 Å². The van der Waals surface area contributed by atoms with Gasteiger partial charge in [-0.05, 0) is 44.1 Å². The third kappa shape index (κ3) is 3.16. The Balaban J connectivity index is 1.96. The molecule has 4 heteroatoms. The van der Waals surface area contributed by atoms with Gasteiger partial charge >= 0.3 is 0 Å². The summed E-state index contributed by atoms with van der Waals surface area (Å²) in [5.41, 5.74) is 12.0. The van der Waals surface area contributed by atoms with E-state index in [-0.39, 0.29) is 11.5 Å². The molecule has 0 fully saturated rings. The smallest absolute Gasteiger partial charge is 0.156 e. The SMILES string of the molecule is CCC1=CC2=C(CC1C(C)N)N(Cc1cc(C)no1)CCC2(C)C. The summed E-state index contributed by atoms with van der Waals surface area (Å²) in [4.78, 5) is 2.48. The predicted molar refractivity (Wildman–Crippen MR) is 97.2 cm³/mol. The first-order chi connectivity index (χ1) is 11.3. The van der Waals surface area contributed by atoms with Crippen LogP contribution in [0.3, 0.4) is 0 Å². The van der Waals surface area contributed by atoms with E-state index < -0.39 is 0 Å². The van der Waals surface area contributed by atoms with Crippen molar-refractivity contribution >= 4 is 0 Å². The van der Waals surface area contributed by atoms with E-state index in [1.807, 2.05) is 13.0 Å². The fraction of sp³-hybridized carbons (Fsp3) is 0.650. The molecular formula is C20H31N3O. The van der Waals surface area contributed by atoms with Crippen LogP contribution in [0.1, 0.15) is 58.4 Å². The number of hydrogen-bond donors (Lipinski definition) is 1. The number of nitrogens with two attached hydrogens (primary N) is 1. The first-order valence-corrected chi connectivity index (χ1v) is 9.18. The predicted octanol–water partition coefficient (Wildman–Crippen LogP) is 4.17. The van der Waals surface area contributed by atoms with Crippen LogP contribution in [0.4, 0.5) is 0 Å². The highest BCUT2D eigenvalue weighted by Gasteiger charge is 2.37. The molecule has 132 valence electrons. The molecule has 2 N–H and O–H groups in total. The molecule has 3 rings (SSSR count). The zero-order chi connectivity index (χ0) is 17.5. The lowest BCUT2D eigenvalue weighted by Gasteiger charge is -2.45. The molecule has 1 aliphatic heterocycles. The van der Waals surface area contributed by atoms with Crippen molar-refractivity contribution in [1.82, 2.24) is 10.1 Å². The molecular weight excluding hydrogens is 298 g/mol. The Labute approximate surface area is 145 Å². The largest absolute Gasteiger partial charge is 0.367 e. The molecule has 2 atom stereocenters. The van der Waals surface area contributed by atoms with Gasteiger partial charge in [0.05, 0.1) is 12.2 Å². The first-order valence-electron chi connectivity index (χ1n) is 9.18. The molecule has 2 unspecified atom stereocenters. The summed E-state index contributed by atoms with van der Waals surface area (Å²) in [6.45, 7) is 13.0. The lowest BCUT2D eigenvalue weighted by atomic mass is 9.70. The Morgan fingerprint density at radius 2 is 2.21 bits per heavy atom. The summed E-state index contributed by atoms with van der Waals surface area (Å²) in [5.74, 6) is 1.39. The van der Waals surface area contributed by atoms with Gasteiger partial charge in [0.2, 0.25) is 0 Å². The molecule has 0 amide bonds. The first kappa shape index (κ1) is 17.3. The van der Waals surface area contributed by atoms with Crippen LogP contribution in [0.25, 0.3) is 0 Å². The second kappa shape index (κ2) is 6.40. The number of hydrogen-bond acceptors (Lipinski definition) is 4. The normalized spacial score (nSPS) is 24.7. The van der Waals surface area contributed by atoms with Crippen LogP contribution in [0.15, 0.2) is 33.5 Å². The Bertz CT molecular complexity index is 666. The second-order valence-electron chi connectivity index (χ2n) is 8.09. The van der Waals surface area contributed by atoms with Gasteiger partial charge < -0.3 is 15.2 Å². The maximum Gasteiger partial charge on any atom is 0.156 e. The van der Waals surface area contributed by atoms with Crippen molar-refractivity contribution in [1.29, 1.82) is 0 Å². The van der Waals surface area contributed by atoms with Crippen LogP contribution in [-0.4, -0.2) is 22.6 Å². The fourth-order valence-electron chi connectivity index (χ4n) is 4.14. The van der Waals surface area contributed by atoms with Crippen molar-refractivity contribution in [3.8, 4) is 0 Å². The van der Waals surface area contributed by atoms with E-state index in [4.69, 9.17) is 10.3 Å². The molecule has 0 bridgehead atoms. The Hall–Kier alpha value is -1.55. The minimum atomic E-state index is 0.185. The minimum absolute atomic E-state index is 0.185. The van der Waals surface area contributed by atoms with E-state index in [9.17, 15) is 0 Å². The zero-order valence-electron chi connectivity index (χ0n) is 15.7. The lowest BCUT2D eigenvalue weighted by molar-refractivity contribution is 0.198. The van der Waals surface area contributed by atoms with Crippen molar-refractivity contribution in [3.05, 3.63) is 40.4 Å². The average molecular weight is 329 g/mol. The quantitative estimate of drug-likeness (QED) is 0.900. The monoisotopic (exact) mass is 329 g/mol. The van der Waals surface area contributed by atoms with Gasteiger partial charge in [-0.3, -0.25) is 0 Å². The van der Waals surface area contributed by atoms with E-state index in [0.29, 0.717) is 5.92 Å². The van der Waals surface area contributed by atoms with E-state index in [0.717, 1.165) is 43.8 Å². The van der Waals surface area contributed by atoms with Crippen molar-refractivity contribution in [3.63, 3.8) is 0 Å². The maximum atomic E-state index is 6.31. The Morgan fingerprint density at radius 3 is 2.79 bits per heavy atom. The van der Waals surface area contributed by atoms with Gasteiger partial charge in [-0.2, -0.15) is 0 Å². The molecule has 1 aromatic heterocycles. The maximum absolute atomic E-state index is 6.31. The fourth-order valence-corrected chi connectivity index (χ4v) is 4.14. The lowest BCUT2D eigenvalue weighted by Crippen LogP contribution is -2.41. The van der Waals surface area contributed by atoms with Crippen molar-refractivity contribution < 1.29 is 4.52 Å². The molecule has 0 spiro atoms. The molecule has 4 nitrogen and oxygen atoms in total. The van der Waals surface area contributed by atoms with Gasteiger partial charge in [-0.15, -0.1) is 0 Å². The van der Waals surface area contributed by atoms with Gasteiger partial charge in [0.1, 0.15) is 0 Å². The van der Waals surface area contributed by atoms with E-state index in [1.54, 1.807) is 0 Å². The number of aryl methyl sites for hydroxylation is 1. The summed E-state index contributed by atoms with van der Waals surface area (Å²) in [5, 5.41) is 4.03. The van der Waals surface area contributed by atoms with Crippen LogP contribution in [0.2, 0.25) is 0 Å². The third-order valence-electron chi connectivity index (χ3n) is 5.71. The Morgan fingerprint density at radius 1 is 1.46 bits per heavy atom. The van der Waals surface area contributed by atoms with Crippen molar-refractivity contribution in [2.24, 2.45) is 17.1 Å². The summed E-state index contributed by atoms with van der Waals surface area (Å²) in [7, 11) is 0. The summed E-state index contributed by atoms with van der Waals surface area (Å²) in [6, 6.07) is 2.23. The molecule has 1 aliphatic carbocycles.